The van der Waals surface area contributed by atoms with E-state index in [0.717, 1.165) is 5.56 Å². The number of benzene rings is 1. The van der Waals surface area contributed by atoms with Gasteiger partial charge in [-0.05, 0) is 23.6 Å². The van der Waals surface area contributed by atoms with E-state index in [0.29, 0.717) is 0 Å². The maximum Gasteiger partial charge on any atom is 0.237 e. The number of carbonyl (C=O) groups excluding carboxylic acids is 2. The fourth-order valence-corrected chi connectivity index (χ4v) is 1.67. The lowest BCUT2D eigenvalue weighted by molar-refractivity contribution is -0.134. The number of rotatable bonds is 5. The molecule has 18 heavy (non-hydrogen) atoms. The number of nitrogens with two attached hydrogens (primary N) is 1. The minimum absolute atomic E-state index is 0.102. The van der Waals surface area contributed by atoms with Crippen LogP contribution in [-0.4, -0.2) is 30.3 Å². The molecule has 0 fully saturated rings. The Labute approximate surface area is 106 Å². The summed E-state index contributed by atoms with van der Waals surface area (Å²) in [6.45, 7) is 1.74. The molecule has 4 nitrogen and oxygen atoms in total. The molecule has 0 bridgehead atoms. The van der Waals surface area contributed by atoms with Gasteiger partial charge in [-0.2, -0.15) is 0 Å². The van der Waals surface area contributed by atoms with Crippen LogP contribution >= 0.6 is 0 Å². The average molecular weight is 252 g/mol. The van der Waals surface area contributed by atoms with Gasteiger partial charge in [-0.15, -0.1) is 0 Å². The van der Waals surface area contributed by atoms with Crippen LogP contribution in [0.2, 0.25) is 0 Å². The zero-order valence-electron chi connectivity index (χ0n) is 10.5. The van der Waals surface area contributed by atoms with E-state index in [9.17, 15) is 14.0 Å². The van der Waals surface area contributed by atoms with Crippen molar-refractivity contribution in [2.75, 3.05) is 13.6 Å². The molecule has 0 aliphatic rings. The van der Waals surface area contributed by atoms with Gasteiger partial charge >= 0.3 is 0 Å². The lowest BCUT2D eigenvalue weighted by atomic mass is 9.97. The number of carbonyl (C=O) groups is 2. The van der Waals surface area contributed by atoms with Gasteiger partial charge in [0, 0.05) is 13.5 Å². The van der Waals surface area contributed by atoms with Crippen molar-refractivity contribution in [3.63, 3.8) is 0 Å². The van der Waals surface area contributed by atoms with Crippen LogP contribution in [0.5, 0.6) is 0 Å². The van der Waals surface area contributed by atoms with Crippen molar-refractivity contribution in [2.24, 2.45) is 5.73 Å². The largest absolute Gasteiger partial charge is 0.368 e. The molecule has 0 saturated heterocycles. The summed E-state index contributed by atoms with van der Waals surface area (Å²) in [5, 5.41) is 0. The molecule has 0 aromatic heterocycles. The van der Waals surface area contributed by atoms with E-state index in [4.69, 9.17) is 5.73 Å². The molecule has 1 aromatic carbocycles. The highest BCUT2D eigenvalue weighted by Crippen LogP contribution is 2.20. The van der Waals surface area contributed by atoms with Gasteiger partial charge in [-0.25, -0.2) is 4.39 Å². The molecule has 0 saturated carbocycles. The molecule has 0 spiro atoms. The van der Waals surface area contributed by atoms with Crippen molar-refractivity contribution in [1.29, 1.82) is 0 Å². The predicted molar refractivity (Wildman–Crippen MR) is 66.3 cm³/mol. The monoisotopic (exact) mass is 252 g/mol. The maximum absolute atomic E-state index is 13.0. The van der Waals surface area contributed by atoms with Crippen LogP contribution in [0.4, 0.5) is 4.39 Å². The first kappa shape index (κ1) is 14.2. The van der Waals surface area contributed by atoms with Crippen molar-refractivity contribution in [3.05, 3.63) is 35.6 Å². The molecule has 2 amide bonds. The smallest absolute Gasteiger partial charge is 0.237 e. The molecule has 0 heterocycles. The lowest BCUT2D eigenvalue weighted by Crippen LogP contribution is -2.35. The zero-order valence-corrected chi connectivity index (χ0v) is 10.5. The molecule has 98 valence electrons. The van der Waals surface area contributed by atoms with E-state index in [-0.39, 0.29) is 30.6 Å². The van der Waals surface area contributed by atoms with Crippen LogP contribution in [0, 0.1) is 5.82 Å². The third kappa shape index (κ3) is 4.16. The van der Waals surface area contributed by atoms with Crippen LogP contribution in [-0.2, 0) is 9.59 Å². The SMILES string of the molecule is CC(CC(=O)N(C)CC(N)=O)c1cccc(F)c1. The highest BCUT2D eigenvalue weighted by atomic mass is 19.1. The van der Waals surface area contributed by atoms with Gasteiger partial charge in [0.2, 0.25) is 11.8 Å². The summed E-state index contributed by atoms with van der Waals surface area (Å²) in [7, 11) is 1.52. The Morgan fingerprint density at radius 3 is 2.67 bits per heavy atom. The summed E-state index contributed by atoms with van der Waals surface area (Å²) in [6, 6.07) is 6.15. The summed E-state index contributed by atoms with van der Waals surface area (Å²) >= 11 is 0. The van der Waals surface area contributed by atoms with Crippen molar-refractivity contribution >= 4 is 11.8 Å². The minimum atomic E-state index is -0.552. The van der Waals surface area contributed by atoms with Gasteiger partial charge in [0.25, 0.3) is 0 Å². The van der Waals surface area contributed by atoms with E-state index in [2.05, 4.69) is 0 Å². The summed E-state index contributed by atoms with van der Waals surface area (Å²) in [5.41, 5.74) is 5.77. The Morgan fingerprint density at radius 2 is 2.11 bits per heavy atom. The highest BCUT2D eigenvalue weighted by Gasteiger charge is 2.16. The summed E-state index contributed by atoms with van der Waals surface area (Å²) in [6.07, 6.45) is 0.216. The fraction of sp³-hybridized carbons (Fsp3) is 0.385. The first-order chi connectivity index (χ1) is 8.40. The normalized spacial score (nSPS) is 11.9. The molecule has 1 unspecified atom stereocenters. The molecular formula is C13H17FN2O2. The van der Waals surface area contributed by atoms with Crippen molar-refractivity contribution in [3.8, 4) is 0 Å². The van der Waals surface area contributed by atoms with E-state index in [1.807, 2.05) is 6.92 Å². The van der Waals surface area contributed by atoms with Gasteiger partial charge in [0.15, 0.2) is 0 Å². The van der Waals surface area contributed by atoms with Crippen LogP contribution in [0.3, 0.4) is 0 Å². The van der Waals surface area contributed by atoms with Crippen LogP contribution in [0.25, 0.3) is 0 Å². The van der Waals surface area contributed by atoms with Gasteiger partial charge < -0.3 is 10.6 Å². The van der Waals surface area contributed by atoms with E-state index < -0.39 is 5.91 Å². The Hall–Kier alpha value is -1.91. The lowest BCUT2D eigenvalue weighted by Gasteiger charge is -2.18. The molecule has 1 atom stereocenters. The predicted octanol–water partition coefficient (Wildman–Crippen LogP) is 1.26. The highest BCUT2D eigenvalue weighted by molar-refractivity contribution is 5.83. The molecule has 5 heteroatoms. The second-order valence-electron chi connectivity index (χ2n) is 4.38. The standard InChI is InChI=1S/C13H17FN2O2/c1-9(10-4-3-5-11(14)7-10)6-13(18)16(2)8-12(15)17/h3-5,7,9H,6,8H2,1-2H3,(H2,15,17). The van der Waals surface area contributed by atoms with Crippen molar-refractivity contribution < 1.29 is 14.0 Å². The second-order valence-corrected chi connectivity index (χ2v) is 4.38. The number of amides is 2. The molecular weight excluding hydrogens is 235 g/mol. The molecule has 0 aliphatic heterocycles. The second kappa shape index (κ2) is 6.14. The Balaban J connectivity index is 2.62. The van der Waals surface area contributed by atoms with Crippen LogP contribution < -0.4 is 5.73 Å². The molecule has 0 aliphatic carbocycles. The van der Waals surface area contributed by atoms with Gasteiger partial charge in [0.1, 0.15) is 5.82 Å². The Kier molecular flexibility index (Phi) is 4.83. The third-order valence-corrected chi connectivity index (χ3v) is 2.72. The van der Waals surface area contributed by atoms with E-state index >= 15 is 0 Å². The number of hydrogen-bond acceptors (Lipinski definition) is 2. The zero-order chi connectivity index (χ0) is 13.7. The van der Waals surface area contributed by atoms with E-state index in [1.165, 1.54) is 24.1 Å². The van der Waals surface area contributed by atoms with Gasteiger partial charge in [-0.1, -0.05) is 19.1 Å². The average Bonchev–Trinajstić information content (AvgIpc) is 2.27. The van der Waals surface area contributed by atoms with Crippen LogP contribution in [0.1, 0.15) is 24.8 Å². The number of nitrogens with zero attached hydrogens (tertiary/aromatic N) is 1. The number of halogens is 1. The number of hydrogen-bond donors (Lipinski definition) is 1. The van der Waals surface area contributed by atoms with Crippen molar-refractivity contribution in [1.82, 2.24) is 4.90 Å². The first-order valence-corrected chi connectivity index (χ1v) is 5.68. The Bertz CT molecular complexity index is 448. The number of likely N-dealkylation sites (N-methyl/N-ethyl adjacent to an activating group) is 1. The van der Waals surface area contributed by atoms with Crippen molar-refractivity contribution in [2.45, 2.75) is 19.3 Å². The molecule has 2 N–H and O–H groups in total. The minimum Gasteiger partial charge on any atom is -0.368 e. The summed E-state index contributed by atoms with van der Waals surface area (Å²) < 4.78 is 13.0. The number of primary amides is 1. The first-order valence-electron chi connectivity index (χ1n) is 5.68. The molecule has 1 aromatic rings. The van der Waals surface area contributed by atoms with Crippen LogP contribution in [0.15, 0.2) is 24.3 Å². The van der Waals surface area contributed by atoms with Gasteiger partial charge in [-0.3, -0.25) is 9.59 Å². The quantitative estimate of drug-likeness (QED) is 0.857. The Morgan fingerprint density at radius 1 is 1.44 bits per heavy atom. The van der Waals surface area contributed by atoms with Gasteiger partial charge in [0.05, 0.1) is 6.54 Å². The molecule has 1 rings (SSSR count). The molecule has 0 radical (unpaired) electrons. The van der Waals surface area contributed by atoms with E-state index in [1.54, 1.807) is 12.1 Å². The maximum atomic E-state index is 13.0. The fourth-order valence-electron chi connectivity index (χ4n) is 1.67. The topological polar surface area (TPSA) is 63.4 Å². The third-order valence-electron chi connectivity index (χ3n) is 2.72. The summed E-state index contributed by atoms with van der Waals surface area (Å²) in [4.78, 5) is 23.7. The summed E-state index contributed by atoms with van der Waals surface area (Å²) in [5.74, 6) is -1.17.